The van der Waals surface area contributed by atoms with Gasteiger partial charge < -0.3 is 17.7 Å². The molecule has 1 rings (SSSR count). The van der Waals surface area contributed by atoms with Crippen LogP contribution in [0, 0.1) is 0 Å². The van der Waals surface area contributed by atoms with Gasteiger partial charge in [0, 0.05) is 17.8 Å². The van der Waals surface area contributed by atoms with E-state index in [2.05, 4.69) is 45.0 Å². The van der Waals surface area contributed by atoms with Gasteiger partial charge in [0.2, 0.25) is 5.91 Å². The van der Waals surface area contributed by atoms with Crippen LogP contribution >= 0.6 is 0 Å². The molecule has 0 fully saturated rings. The van der Waals surface area contributed by atoms with Crippen LogP contribution in [0.4, 0.5) is 11.4 Å². The fourth-order valence-electron chi connectivity index (χ4n) is 4.33. The molecule has 4 heteroatoms. The van der Waals surface area contributed by atoms with E-state index < -0.39 is 0 Å². The Kier molecular flexibility index (Phi) is 19.3. The van der Waals surface area contributed by atoms with Gasteiger partial charge in [-0.3, -0.25) is 9.28 Å². The van der Waals surface area contributed by atoms with Crippen molar-refractivity contribution in [2.45, 2.75) is 110 Å². The van der Waals surface area contributed by atoms with Gasteiger partial charge in [-0.15, -0.1) is 0 Å². The number of hydrogen-bond donors (Lipinski definition) is 1. The van der Waals surface area contributed by atoms with Gasteiger partial charge in [-0.1, -0.05) is 103 Å². The number of quaternary nitrogens is 1. The normalized spacial score (nSPS) is 11.1. The summed E-state index contributed by atoms with van der Waals surface area (Å²) in [6, 6.07) is 8.19. The minimum absolute atomic E-state index is 0. The number of unbranched alkanes of at least 4 members (excludes halogenated alkanes) is 15. The topological polar surface area (TPSA) is 29.1 Å². The lowest BCUT2D eigenvalue weighted by Crippen LogP contribution is -3.00. The smallest absolute Gasteiger partial charge is 0.247 e. The Morgan fingerprint density at radius 1 is 0.758 bits per heavy atom. The summed E-state index contributed by atoms with van der Waals surface area (Å²) in [5.41, 5.74) is 2.10. The van der Waals surface area contributed by atoms with Crippen LogP contribution in [0.2, 0.25) is 0 Å². The summed E-state index contributed by atoms with van der Waals surface area (Å²) in [6.45, 7) is 6.93. The third kappa shape index (κ3) is 16.0. The highest BCUT2D eigenvalue weighted by atomic mass is 35.5. The van der Waals surface area contributed by atoms with Crippen molar-refractivity contribution in [2.24, 2.45) is 0 Å². The summed E-state index contributed by atoms with van der Waals surface area (Å²) in [5.74, 6) is -0.167. The highest BCUT2D eigenvalue weighted by Crippen LogP contribution is 2.23. The molecule has 33 heavy (non-hydrogen) atoms. The van der Waals surface area contributed by atoms with Crippen LogP contribution in [-0.4, -0.2) is 26.5 Å². The van der Waals surface area contributed by atoms with E-state index in [0.29, 0.717) is 0 Å². The predicted octanol–water partition coefficient (Wildman–Crippen LogP) is 5.64. The average molecular weight is 479 g/mol. The zero-order chi connectivity index (χ0) is 23.5. The zero-order valence-electron chi connectivity index (χ0n) is 21.8. The second kappa shape index (κ2) is 20.1. The zero-order valence-corrected chi connectivity index (χ0v) is 22.6. The lowest BCUT2D eigenvalue weighted by molar-refractivity contribution is -0.111. The van der Waals surface area contributed by atoms with Gasteiger partial charge in [-0.25, -0.2) is 0 Å². The summed E-state index contributed by atoms with van der Waals surface area (Å²) < 4.78 is 0.883. The summed E-state index contributed by atoms with van der Waals surface area (Å²) >= 11 is 0. The van der Waals surface area contributed by atoms with Crippen molar-refractivity contribution in [1.82, 2.24) is 4.48 Å². The number of benzene rings is 1. The molecule has 0 saturated heterocycles. The second-order valence-electron chi connectivity index (χ2n) is 9.95. The molecule has 0 unspecified atom stereocenters. The lowest BCUT2D eigenvalue weighted by atomic mass is 10.0. The molecule has 1 aromatic carbocycles. The first-order valence-electron chi connectivity index (χ1n) is 13.4. The molecule has 1 N–H and O–H groups in total. The van der Waals surface area contributed by atoms with E-state index in [4.69, 9.17) is 0 Å². The lowest BCUT2D eigenvalue weighted by Gasteiger charge is -2.29. The van der Waals surface area contributed by atoms with Crippen molar-refractivity contribution in [1.29, 1.82) is 0 Å². The summed E-state index contributed by atoms with van der Waals surface area (Å²) in [5, 5.41) is 2.81. The maximum atomic E-state index is 11.4. The first kappa shape index (κ1) is 31.7. The molecule has 0 heterocycles. The number of anilines is 1. The van der Waals surface area contributed by atoms with Crippen molar-refractivity contribution in [3.63, 3.8) is 0 Å². The molecule has 0 atom stereocenters. The molecule has 1 amide bonds. The van der Waals surface area contributed by atoms with Crippen LogP contribution in [-0.2, 0) is 4.79 Å². The molecule has 0 spiro atoms. The van der Waals surface area contributed by atoms with Gasteiger partial charge in [-0.05, 0) is 31.1 Å². The van der Waals surface area contributed by atoms with E-state index in [1.807, 2.05) is 12.1 Å². The monoisotopic (exact) mass is 478 g/mol. The molecule has 0 bridgehead atoms. The average Bonchev–Trinajstić information content (AvgIpc) is 2.79. The molecule has 0 aliphatic rings. The van der Waals surface area contributed by atoms with E-state index >= 15 is 0 Å². The predicted molar refractivity (Wildman–Crippen MR) is 143 cm³/mol. The Bertz CT molecular complexity index is 613. The number of nitrogens with one attached hydrogen (secondary N) is 1. The van der Waals surface area contributed by atoms with Crippen LogP contribution < -0.4 is 22.2 Å². The number of halogens is 1. The molecule has 0 aliphatic heterocycles. The Morgan fingerprint density at radius 3 is 1.55 bits per heavy atom. The van der Waals surface area contributed by atoms with Gasteiger partial charge in [0.25, 0.3) is 0 Å². The molecule has 0 saturated carbocycles. The molecule has 0 aliphatic carbocycles. The van der Waals surface area contributed by atoms with E-state index in [-0.39, 0.29) is 18.3 Å². The van der Waals surface area contributed by atoms with E-state index in [1.165, 1.54) is 114 Å². The van der Waals surface area contributed by atoms with Gasteiger partial charge in [0.05, 0.1) is 20.6 Å². The molecule has 0 radical (unpaired) electrons. The van der Waals surface area contributed by atoms with Crippen LogP contribution in [0.15, 0.2) is 36.9 Å². The van der Waals surface area contributed by atoms with Gasteiger partial charge >= 0.3 is 0 Å². The minimum Gasteiger partial charge on any atom is -1.00 e. The van der Waals surface area contributed by atoms with E-state index in [9.17, 15) is 4.79 Å². The van der Waals surface area contributed by atoms with Gasteiger partial charge in [-0.2, -0.15) is 0 Å². The quantitative estimate of drug-likeness (QED) is 0.146. The van der Waals surface area contributed by atoms with E-state index in [0.717, 1.165) is 16.7 Å². The van der Waals surface area contributed by atoms with E-state index in [1.54, 1.807) is 0 Å². The van der Waals surface area contributed by atoms with Crippen molar-refractivity contribution in [3.8, 4) is 0 Å². The highest BCUT2D eigenvalue weighted by Gasteiger charge is 2.18. The minimum atomic E-state index is -0.167. The highest BCUT2D eigenvalue weighted by molar-refractivity contribution is 5.98. The summed E-state index contributed by atoms with van der Waals surface area (Å²) in [7, 11) is 4.53. The Hall–Kier alpha value is -1.32. The molecule has 1 aromatic rings. The second-order valence-corrected chi connectivity index (χ2v) is 9.95. The number of hydrogen-bond acceptors (Lipinski definition) is 1. The largest absolute Gasteiger partial charge is 1.00 e. The standard InChI is InChI=1S/C29H50N2O.ClH/c1-5-7-8-9-10-11-12-13-14-15-16-17-18-19-20-21-26-31(3,4)28-24-22-27(23-25-28)30-29(32)6-2;/h6,22-25H,2,5,7-21,26H2,1,3-4H3;1H. The molecular weight excluding hydrogens is 428 g/mol. The summed E-state index contributed by atoms with van der Waals surface area (Å²) in [4.78, 5) is 11.4. The van der Waals surface area contributed by atoms with Crippen molar-refractivity contribution >= 4 is 17.3 Å². The number of rotatable bonds is 20. The maximum absolute atomic E-state index is 11.4. The Labute approximate surface area is 211 Å². The molecular formula is C29H51ClN2O. The number of carbonyl (C=O) groups is 1. The third-order valence-electron chi connectivity index (χ3n) is 6.59. The fourth-order valence-corrected chi connectivity index (χ4v) is 4.33. The van der Waals surface area contributed by atoms with Gasteiger partial charge in [0.1, 0.15) is 5.69 Å². The number of amides is 1. The first-order chi connectivity index (χ1) is 15.5. The number of carbonyl (C=O) groups excluding carboxylic acids is 1. The van der Waals surface area contributed by atoms with Gasteiger partial charge in [0.15, 0.2) is 0 Å². The first-order valence-corrected chi connectivity index (χ1v) is 13.4. The molecule has 190 valence electrons. The Morgan fingerprint density at radius 2 is 1.15 bits per heavy atom. The van der Waals surface area contributed by atoms with Crippen LogP contribution in [0.3, 0.4) is 0 Å². The van der Waals surface area contributed by atoms with Crippen LogP contribution in [0.1, 0.15) is 110 Å². The van der Waals surface area contributed by atoms with Crippen LogP contribution in [0.5, 0.6) is 0 Å². The molecule has 0 aromatic heterocycles. The van der Waals surface area contributed by atoms with Crippen molar-refractivity contribution < 1.29 is 17.2 Å². The molecule has 3 nitrogen and oxygen atoms in total. The number of nitrogens with zero attached hydrogens (tertiary/aromatic N) is 1. The van der Waals surface area contributed by atoms with Crippen LogP contribution in [0.25, 0.3) is 0 Å². The third-order valence-corrected chi connectivity index (χ3v) is 6.59. The SMILES string of the molecule is C=CC(=O)Nc1ccc([N+](C)(C)CCCCCCCCCCCCCCCCCC)cc1.[Cl-]. The fraction of sp³-hybridized carbons (Fsp3) is 0.690. The Balaban J connectivity index is 0.0000102. The van der Waals surface area contributed by atoms with Crippen molar-refractivity contribution in [3.05, 3.63) is 36.9 Å². The van der Waals surface area contributed by atoms with Crippen molar-refractivity contribution in [2.75, 3.05) is 26.0 Å². The summed E-state index contributed by atoms with van der Waals surface area (Å²) in [6.07, 6.45) is 23.8. The maximum Gasteiger partial charge on any atom is 0.247 e.